The Bertz CT molecular complexity index is 232. The second kappa shape index (κ2) is 13.0. The summed E-state index contributed by atoms with van der Waals surface area (Å²) in [6.07, 6.45) is 3.73. The van der Waals surface area contributed by atoms with Gasteiger partial charge in [-0.15, -0.1) is 0 Å². The molecule has 0 unspecified atom stereocenters. The summed E-state index contributed by atoms with van der Waals surface area (Å²) in [6.45, 7) is 5.68. The predicted octanol–water partition coefficient (Wildman–Crippen LogP) is 2.22. The summed E-state index contributed by atoms with van der Waals surface area (Å²) in [5, 5.41) is 0. The quantitative estimate of drug-likeness (QED) is 0.762. The maximum Gasteiger partial charge on any atom is 0.123 e. The minimum Gasteiger partial charge on any atom is -0.358 e. The molecule has 3 nitrogen and oxygen atoms in total. The van der Waals surface area contributed by atoms with Crippen LogP contribution in [0.3, 0.4) is 0 Å². The molecule has 0 spiro atoms. The van der Waals surface area contributed by atoms with E-state index in [2.05, 4.69) is 15.0 Å². The number of hydrogen-bond acceptors (Lipinski definition) is 3. The van der Waals surface area contributed by atoms with Crippen LogP contribution in [0.2, 0.25) is 0 Å². The SMILES string of the molecule is C[CH-]c1nc(C)nc([CH-]C)n1.[CH3-].[CH3-].[Y].[Y]. The molecule has 5 heteroatoms. The van der Waals surface area contributed by atoms with Crippen molar-refractivity contribution in [2.24, 2.45) is 0 Å². The van der Waals surface area contributed by atoms with Gasteiger partial charge in [-0.2, -0.15) is 13.8 Å². The molecule has 0 amide bonds. The molecular formula is C10H17N3Y2-4. The molecular weight excluding hydrogens is 340 g/mol. The van der Waals surface area contributed by atoms with Crippen LogP contribution in [0.25, 0.3) is 0 Å². The molecule has 15 heavy (non-hydrogen) atoms. The first-order valence-electron chi connectivity index (χ1n) is 3.57. The van der Waals surface area contributed by atoms with Gasteiger partial charge < -0.3 is 27.7 Å². The van der Waals surface area contributed by atoms with Gasteiger partial charge in [-0.25, -0.2) is 0 Å². The molecule has 0 bridgehead atoms. The minimum absolute atomic E-state index is 0. The van der Waals surface area contributed by atoms with Gasteiger partial charge >= 0.3 is 0 Å². The molecule has 0 fully saturated rings. The van der Waals surface area contributed by atoms with Crippen LogP contribution in [0.15, 0.2) is 0 Å². The van der Waals surface area contributed by atoms with Gasteiger partial charge in [0.1, 0.15) is 5.82 Å². The molecule has 0 saturated carbocycles. The van der Waals surface area contributed by atoms with Gasteiger partial charge in [0.15, 0.2) is 0 Å². The Labute approximate surface area is 144 Å². The molecule has 1 aromatic rings. The van der Waals surface area contributed by atoms with Crippen LogP contribution < -0.4 is 0 Å². The molecule has 0 saturated heterocycles. The second-order valence-electron chi connectivity index (χ2n) is 2.18. The average molecular weight is 357 g/mol. The molecule has 82 valence electrons. The van der Waals surface area contributed by atoms with Crippen molar-refractivity contribution in [3.8, 4) is 0 Å². The van der Waals surface area contributed by atoms with Crippen LogP contribution in [-0.4, -0.2) is 15.0 Å². The summed E-state index contributed by atoms with van der Waals surface area (Å²) in [4.78, 5) is 12.3. The summed E-state index contributed by atoms with van der Waals surface area (Å²) in [5.41, 5.74) is 0. The normalized spacial score (nSPS) is 6.87. The summed E-state index contributed by atoms with van der Waals surface area (Å²) < 4.78 is 0. The molecule has 0 aliphatic carbocycles. The van der Waals surface area contributed by atoms with Crippen molar-refractivity contribution in [2.45, 2.75) is 20.8 Å². The number of aryl methyl sites for hydroxylation is 1. The van der Waals surface area contributed by atoms with E-state index in [-0.39, 0.29) is 80.3 Å². The summed E-state index contributed by atoms with van der Waals surface area (Å²) in [5.74, 6) is 2.25. The fourth-order valence-electron chi connectivity index (χ4n) is 0.782. The van der Waals surface area contributed by atoms with Crippen LogP contribution in [0.5, 0.6) is 0 Å². The smallest absolute Gasteiger partial charge is 0.123 e. The minimum atomic E-state index is 0. The molecule has 1 heterocycles. The van der Waals surface area contributed by atoms with E-state index in [0.717, 1.165) is 17.5 Å². The first-order valence-corrected chi connectivity index (χ1v) is 3.57. The van der Waals surface area contributed by atoms with E-state index in [1.165, 1.54) is 0 Å². The molecule has 1 rings (SSSR count). The van der Waals surface area contributed by atoms with Crippen molar-refractivity contribution in [3.63, 3.8) is 0 Å². The maximum absolute atomic E-state index is 4.14. The maximum atomic E-state index is 4.14. The van der Waals surface area contributed by atoms with Gasteiger partial charge in [0.05, 0.1) is 0 Å². The zero-order valence-corrected chi connectivity index (χ0v) is 15.8. The van der Waals surface area contributed by atoms with E-state index in [4.69, 9.17) is 0 Å². The molecule has 0 aliphatic rings. The van der Waals surface area contributed by atoms with Gasteiger partial charge in [0.25, 0.3) is 0 Å². The predicted molar refractivity (Wildman–Crippen MR) is 55.5 cm³/mol. The third kappa shape index (κ3) is 8.73. The third-order valence-corrected chi connectivity index (χ3v) is 1.30. The van der Waals surface area contributed by atoms with Gasteiger partial charge in [0.2, 0.25) is 0 Å². The number of nitrogens with zero attached hydrogens (tertiary/aromatic N) is 3. The van der Waals surface area contributed by atoms with Gasteiger partial charge in [-0.05, 0) is 18.6 Å². The molecule has 2 radical (unpaired) electrons. The van der Waals surface area contributed by atoms with Crippen LogP contribution >= 0.6 is 0 Å². The van der Waals surface area contributed by atoms with Crippen molar-refractivity contribution in [1.82, 2.24) is 15.0 Å². The van der Waals surface area contributed by atoms with E-state index >= 15 is 0 Å². The van der Waals surface area contributed by atoms with Crippen LogP contribution in [0.1, 0.15) is 31.3 Å². The van der Waals surface area contributed by atoms with Gasteiger partial charge in [-0.3, -0.25) is 15.0 Å². The van der Waals surface area contributed by atoms with E-state index < -0.39 is 0 Å². The summed E-state index contributed by atoms with van der Waals surface area (Å²) in [7, 11) is 0. The number of hydrogen-bond donors (Lipinski definition) is 0. The average Bonchev–Trinajstić information content (AvgIpc) is 2.03. The Morgan fingerprint density at radius 2 is 1.13 bits per heavy atom. The standard InChI is InChI=1S/C8H11N3.2CH3.2Y/c1-4-7-9-6(3)10-8(5-2)11-7;;;;/h4-5H,1-3H3;2*1H3;;/q-2;2*-1;;. The third-order valence-electron chi connectivity index (χ3n) is 1.30. The molecule has 0 atom stereocenters. The monoisotopic (exact) mass is 357 g/mol. The van der Waals surface area contributed by atoms with Crippen molar-refractivity contribution in [2.75, 3.05) is 0 Å². The van der Waals surface area contributed by atoms with E-state index in [0.29, 0.717) is 0 Å². The Morgan fingerprint density at radius 1 is 0.800 bits per heavy atom. The van der Waals surface area contributed by atoms with Crippen LogP contribution in [-0.2, 0) is 65.4 Å². The second-order valence-corrected chi connectivity index (χ2v) is 2.18. The van der Waals surface area contributed by atoms with Crippen LogP contribution in [0, 0.1) is 34.6 Å². The Kier molecular flexibility index (Phi) is 21.7. The number of aromatic nitrogens is 3. The first-order chi connectivity index (χ1) is 5.26. The Balaban J connectivity index is -0.000000151. The summed E-state index contributed by atoms with van der Waals surface area (Å²) >= 11 is 0. The molecule has 0 aliphatic heterocycles. The fourth-order valence-corrected chi connectivity index (χ4v) is 0.782. The Hall–Kier alpha value is 0.958. The van der Waals surface area contributed by atoms with Gasteiger partial charge in [-0.1, -0.05) is 0 Å². The topological polar surface area (TPSA) is 38.7 Å². The van der Waals surface area contributed by atoms with Crippen molar-refractivity contribution in [3.05, 3.63) is 45.2 Å². The van der Waals surface area contributed by atoms with E-state index in [1.54, 1.807) is 0 Å². The van der Waals surface area contributed by atoms with Crippen molar-refractivity contribution in [1.29, 1.82) is 0 Å². The first kappa shape index (κ1) is 25.0. The molecule has 0 N–H and O–H groups in total. The number of rotatable bonds is 2. The van der Waals surface area contributed by atoms with E-state index in [1.807, 2.05) is 33.6 Å². The van der Waals surface area contributed by atoms with Crippen LogP contribution in [0.4, 0.5) is 0 Å². The largest absolute Gasteiger partial charge is 0.358 e. The zero-order valence-electron chi connectivity index (χ0n) is 10.2. The van der Waals surface area contributed by atoms with Crippen molar-refractivity contribution >= 4 is 0 Å². The van der Waals surface area contributed by atoms with E-state index in [9.17, 15) is 0 Å². The molecule has 0 aromatic carbocycles. The van der Waals surface area contributed by atoms with Crippen molar-refractivity contribution < 1.29 is 65.4 Å². The summed E-state index contributed by atoms with van der Waals surface area (Å²) in [6, 6.07) is 0. The molecule has 1 aromatic heterocycles. The Morgan fingerprint density at radius 3 is 1.40 bits per heavy atom. The van der Waals surface area contributed by atoms with Gasteiger partial charge in [0, 0.05) is 65.4 Å². The fraction of sp³-hybridized carbons (Fsp3) is 0.300. The zero-order chi connectivity index (χ0) is 8.27.